The van der Waals surface area contributed by atoms with Crippen LogP contribution in [0.15, 0.2) is 68.1 Å². The van der Waals surface area contributed by atoms with Crippen molar-refractivity contribution in [1.82, 2.24) is 0 Å². The predicted molar refractivity (Wildman–Crippen MR) is 114 cm³/mol. The molecule has 0 unspecified atom stereocenters. The number of nitrogen functional groups attached to an aromatic ring is 1. The van der Waals surface area contributed by atoms with E-state index in [1.807, 2.05) is 30.3 Å². The molecule has 0 amide bonds. The molecular weight excluding hydrogens is 421 g/mol. The fourth-order valence-corrected chi connectivity index (χ4v) is 5.06. The molecule has 0 saturated carbocycles. The molecule has 0 aliphatic rings. The van der Waals surface area contributed by atoms with Gasteiger partial charge in [0.25, 0.3) is 0 Å². The lowest BCUT2D eigenvalue weighted by atomic mass is 10.1. The van der Waals surface area contributed by atoms with Crippen molar-refractivity contribution >= 4 is 29.2 Å². The molecule has 0 aromatic heterocycles. The molecule has 150 valence electrons. The van der Waals surface area contributed by atoms with Gasteiger partial charge in [-0.05, 0) is 30.3 Å². The highest BCUT2D eigenvalue weighted by Gasteiger charge is 2.27. The minimum atomic E-state index is -0.387. The van der Waals surface area contributed by atoms with Crippen LogP contribution in [0.2, 0.25) is 0 Å². The van der Waals surface area contributed by atoms with Gasteiger partial charge in [0.15, 0.2) is 11.5 Å². The van der Waals surface area contributed by atoms with Gasteiger partial charge in [0.05, 0.1) is 24.0 Å². The third kappa shape index (κ3) is 4.16. The highest BCUT2D eigenvalue weighted by Crippen LogP contribution is 2.52. The Balaban J connectivity index is 2.32. The molecular formula is C22H16FN3O2S2. The van der Waals surface area contributed by atoms with E-state index in [-0.39, 0.29) is 28.4 Å². The second-order valence-electron chi connectivity index (χ2n) is 5.90. The number of nitrogens with two attached hydrogens (primary N) is 1. The van der Waals surface area contributed by atoms with E-state index in [1.165, 1.54) is 49.9 Å². The number of anilines is 1. The molecule has 0 fully saturated rings. The molecule has 5 nitrogen and oxygen atoms in total. The fraction of sp³-hybridized carbons (Fsp3) is 0.0909. The zero-order valence-corrected chi connectivity index (χ0v) is 17.7. The van der Waals surface area contributed by atoms with Gasteiger partial charge in [0, 0.05) is 15.5 Å². The Labute approximate surface area is 182 Å². The number of benzene rings is 3. The smallest absolute Gasteiger partial charge is 0.153 e. The fourth-order valence-electron chi connectivity index (χ4n) is 2.78. The molecule has 8 heteroatoms. The van der Waals surface area contributed by atoms with Crippen LogP contribution in [0.4, 0.5) is 10.1 Å². The number of halogens is 1. The molecule has 3 rings (SSSR count). The largest absolute Gasteiger partial charge is 0.494 e. The van der Waals surface area contributed by atoms with E-state index >= 15 is 0 Å². The van der Waals surface area contributed by atoms with Crippen molar-refractivity contribution in [3.8, 4) is 23.6 Å². The first-order valence-electron chi connectivity index (χ1n) is 8.61. The van der Waals surface area contributed by atoms with Crippen LogP contribution in [0.3, 0.4) is 0 Å². The summed E-state index contributed by atoms with van der Waals surface area (Å²) in [6, 6.07) is 17.4. The Bertz CT molecular complexity index is 1190. The monoisotopic (exact) mass is 437 g/mol. The van der Waals surface area contributed by atoms with Crippen LogP contribution in [0.5, 0.6) is 11.5 Å². The van der Waals surface area contributed by atoms with Gasteiger partial charge in [-0.2, -0.15) is 10.5 Å². The highest BCUT2D eigenvalue weighted by molar-refractivity contribution is 8.02. The average Bonchev–Trinajstić information content (AvgIpc) is 2.75. The summed E-state index contributed by atoms with van der Waals surface area (Å²) >= 11 is 2.50. The Kier molecular flexibility index (Phi) is 6.73. The number of hydrogen-bond donors (Lipinski definition) is 1. The summed E-state index contributed by atoms with van der Waals surface area (Å²) in [5, 5.41) is 19.4. The van der Waals surface area contributed by atoms with Gasteiger partial charge in [-0.1, -0.05) is 41.7 Å². The molecule has 30 heavy (non-hydrogen) atoms. The number of ether oxygens (including phenoxy) is 2. The van der Waals surface area contributed by atoms with E-state index < -0.39 is 0 Å². The van der Waals surface area contributed by atoms with Gasteiger partial charge in [-0.15, -0.1) is 0 Å². The molecule has 3 aromatic carbocycles. The lowest BCUT2D eigenvalue weighted by Gasteiger charge is -2.20. The molecule has 0 saturated heterocycles. The summed E-state index contributed by atoms with van der Waals surface area (Å²) in [5.74, 6) is 0.0738. The maximum Gasteiger partial charge on any atom is 0.153 e. The first-order valence-corrected chi connectivity index (χ1v) is 10.2. The van der Waals surface area contributed by atoms with Crippen LogP contribution >= 0.6 is 23.5 Å². The minimum absolute atomic E-state index is 0.0566. The summed E-state index contributed by atoms with van der Waals surface area (Å²) in [5.41, 5.74) is 6.79. The zero-order valence-electron chi connectivity index (χ0n) is 16.1. The van der Waals surface area contributed by atoms with Crippen molar-refractivity contribution in [2.45, 2.75) is 19.6 Å². The Hall–Kier alpha value is -3.33. The normalized spacial score (nSPS) is 10.2. The maximum absolute atomic E-state index is 13.8. The average molecular weight is 438 g/mol. The summed E-state index contributed by atoms with van der Waals surface area (Å²) < 4.78 is 24.9. The van der Waals surface area contributed by atoms with E-state index in [2.05, 4.69) is 0 Å². The number of nitriles is 2. The summed E-state index contributed by atoms with van der Waals surface area (Å²) in [6.07, 6.45) is 0. The molecule has 0 atom stereocenters. The third-order valence-electron chi connectivity index (χ3n) is 4.10. The molecule has 0 radical (unpaired) electrons. The lowest BCUT2D eigenvalue weighted by Crippen LogP contribution is -2.02. The lowest BCUT2D eigenvalue weighted by molar-refractivity contribution is 0.382. The molecule has 0 aliphatic carbocycles. The first kappa shape index (κ1) is 21.4. The Morgan fingerprint density at radius 1 is 0.867 bits per heavy atom. The zero-order chi connectivity index (χ0) is 21.7. The SMILES string of the molecule is COc1c(C#N)c(C#N)c(OC)c(Sc2ccccc2N)c1Sc1cccc(F)c1. The third-order valence-corrected chi connectivity index (χ3v) is 6.50. The number of para-hydroxylation sites is 1. The second kappa shape index (κ2) is 9.45. The van der Waals surface area contributed by atoms with E-state index in [0.717, 1.165) is 4.90 Å². The van der Waals surface area contributed by atoms with Crippen LogP contribution < -0.4 is 15.2 Å². The summed E-state index contributed by atoms with van der Waals surface area (Å²) in [4.78, 5) is 2.43. The van der Waals surface area contributed by atoms with Crippen molar-refractivity contribution in [2.75, 3.05) is 20.0 Å². The molecule has 3 aromatic rings. The van der Waals surface area contributed by atoms with Gasteiger partial charge in [-0.3, -0.25) is 0 Å². The van der Waals surface area contributed by atoms with Gasteiger partial charge < -0.3 is 15.2 Å². The predicted octanol–water partition coefficient (Wildman–Crippen LogP) is 5.47. The van der Waals surface area contributed by atoms with Gasteiger partial charge in [0.2, 0.25) is 0 Å². The van der Waals surface area contributed by atoms with E-state index in [4.69, 9.17) is 15.2 Å². The first-order chi connectivity index (χ1) is 14.5. The molecule has 0 heterocycles. The van der Waals surface area contributed by atoms with Crippen molar-refractivity contribution in [1.29, 1.82) is 10.5 Å². The number of rotatable bonds is 6. The number of nitrogens with zero attached hydrogens (tertiary/aromatic N) is 2. The molecule has 0 spiro atoms. The quantitative estimate of drug-likeness (QED) is 0.511. The van der Waals surface area contributed by atoms with Crippen molar-refractivity contribution < 1.29 is 13.9 Å². The van der Waals surface area contributed by atoms with Crippen LogP contribution in [0, 0.1) is 28.5 Å². The Morgan fingerprint density at radius 3 is 2.00 bits per heavy atom. The van der Waals surface area contributed by atoms with Crippen LogP contribution in [0.1, 0.15) is 11.1 Å². The van der Waals surface area contributed by atoms with Crippen LogP contribution in [0.25, 0.3) is 0 Å². The van der Waals surface area contributed by atoms with Gasteiger partial charge in [0.1, 0.15) is 29.1 Å². The van der Waals surface area contributed by atoms with E-state index in [9.17, 15) is 14.9 Å². The topological polar surface area (TPSA) is 92.1 Å². The van der Waals surface area contributed by atoms with E-state index in [1.54, 1.807) is 18.2 Å². The van der Waals surface area contributed by atoms with E-state index in [0.29, 0.717) is 20.4 Å². The highest BCUT2D eigenvalue weighted by atomic mass is 32.2. The van der Waals surface area contributed by atoms with Crippen molar-refractivity contribution in [3.05, 3.63) is 65.5 Å². The Morgan fingerprint density at radius 2 is 1.47 bits per heavy atom. The van der Waals surface area contributed by atoms with Gasteiger partial charge >= 0.3 is 0 Å². The van der Waals surface area contributed by atoms with Crippen molar-refractivity contribution in [2.24, 2.45) is 0 Å². The molecule has 2 N–H and O–H groups in total. The minimum Gasteiger partial charge on any atom is -0.494 e. The summed E-state index contributed by atoms with van der Waals surface area (Å²) in [7, 11) is 2.85. The second-order valence-corrected chi connectivity index (χ2v) is 8.03. The molecule has 0 aliphatic heterocycles. The van der Waals surface area contributed by atoms with Crippen LogP contribution in [-0.2, 0) is 0 Å². The van der Waals surface area contributed by atoms with Crippen molar-refractivity contribution in [3.63, 3.8) is 0 Å². The standard InChI is InChI=1S/C22H16FN3O2S2/c1-27-19-15(11-24)16(12-25)20(28-2)22(30-18-9-4-3-8-17(18)26)21(19)29-14-7-5-6-13(23)10-14/h3-10H,26H2,1-2H3. The maximum atomic E-state index is 13.8. The van der Waals surface area contributed by atoms with Crippen LogP contribution in [-0.4, -0.2) is 14.2 Å². The number of hydrogen-bond acceptors (Lipinski definition) is 7. The number of methoxy groups -OCH3 is 2. The summed E-state index contributed by atoms with van der Waals surface area (Å²) in [6.45, 7) is 0. The molecule has 0 bridgehead atoms. The van der Waals surface area contributed by atoms with Gasteiger partial charge in [-0.25, -0.2) is 4.39 Å².